The van der Waals surface area contributed by atoms with Gasteiger partial charge in [0.05, 0.1) is 12.7 Å². The van der Waals surface area contributed by atoms with Crippen molar-refractivity contribution in [1.29, 1.82) is 0 Å². The number of allylic oxidation sites excluding steroid dienone is 4. The standard InChI is InChI=1S/C13H12O2/c1-15-12-9-5-4-8-11(12)13(14)10-6-2-3-7-10/h2-6,8-9H,7H2,1H3. The van der Waals surface area contributed by atoms with Crippen LogP contribution >= 0.6 is 0 Å². The maximum Gasteiger partial charge on any atom is 0.193 e. The number of hydrogen-bond acceptors (Lipinski definition) is 2. The monoisotopic (exact) mass is 200 g/mol. The number of rotatable bonds is 3. The van der Waals surface area contributed by atoms with Crippen LogP contribution in [0.25, 0.3) is 0 Å². The quantitative estimate of drug-likeness (QED) is 0.701. The minimum Gasteiger partial charge on any atom is -0.496 e. The molecular weight excluding hydrogens is 188 g/mol. The maximum absolute atomic E-state index is 12.0. The summed E-state index contributed by atoms with van der Waals surface area (Å²) in [5.41, 5.74) is 1.45. The van der Waals surface area contributed by atoms with Gasteiger partial charge in [-0.25, -0.2) is 0 Å². The zero-order chi connectivity index (χ0) is 10.7. The second-order valence-electron chi connectivity index (χ2n) is 3.35. The Bertz CT molecular complexity index is 442. The average molecular weight is 200 g/mol. The van der Waals surface area contributed by atoms with Gasteiger partial charge in [-0.3, -0.25) is 4.79 Å². The lowest BCUT2D eigenvalue weighted by Gasteiger charge is -2.07. The molecule has 15 heavy (non-hydrogen) atoms. The van der Waals surface area contributed by atoms with Crippen molar-refractivity contribution in [2.24, 2.45) is 0 Å². The van der Waals surface area contributed by atoms with E-state index < -0.39 is 0 Å². The molecule has 0 aromatic heterocycles. The first-order valence-electron chi connectivity index (χ1n) is 4.86. The molecule has 1 aromatic carbocycles. The fourth-order valence-corrected chi connectivity index (χ4v) is 1.62. The van der Waals surface area contributed by atoms with Crippen molar-refractivity contribution in [2.75, 3.05) is 7.11 Å². The normalized spacial score (nSPS) is 13.8. The molecule has 1 aliphatic carbocycles. The molecule has 0 atom stereocenters. The Morgan fingerprint density at radius 2 is 2.13 bits per heavy atom. The molecule has 0 radical (unpaired) electrons. The molecule has 2 rings (SSSR count). The van der Waals surface area contributed by atoms with Gasteiger partial charge in [-0.1, -0.05) is 30.4 Å². The third-order valence-corrected chi connectivity index (χ3v) is 2.41. The fourth-order valence-electron chi connectivity index (χ4n) is 1.62. The van der Waals surface area contributed by atoms with Gasteiger partial charge in [0.15, 0.2) is 5.78 Å². The number of carbonyl (C=O) groups is 1. The van der Waals surface area contributed by atoms with Crippen LogP contribution in [0.3, 0.4) is 0 Å². The van der Waals surface area contributed by atoms with Crippen LogP contribution in [-0.2, 0) is 0 Å². The maximum atomic E-state index is 12.0. The number of ketones is 1. The molecule has 0 N–H and O–H groups in total. The van der Waals surface area contributed by atoms with Crippen LogP contribution in [0, 0.1) is 0 Å². The molecule has 0 bridgehead atoms. The van der Waals surface area contributed by atoms with Gasteiger partial charge in [0.25, 0.3) is 0 Å². The first-order chi connectivity index (χ1) is 7.33. The molecule has 1 aliphatic rings. The Kier molecular flexibility index (Phi) is 2.68. The highest BCUT2D eigenvalue weighted by Gasteiger charge is 2.16. The molecule has 1 aromatic rings. The van der Waals surface area contributed by atoms with Gasteiger partial charge in [0, 0.05) is 5.57 Å². The highest BCUT2D eigenvalue weighted by molar-refractivity contribution is 6.11. The Hall–Kier alpha value is -1.83. The van der Waals surface area contributed by atoms with Gasteiger partial charge >= 0.3 is 0 Å². The number of carbonyl (C=O) groups excluding carboxylic acids is 1. The van der Waals surface area contributed by atoms with Gasteiger partial charge in [-0.05, 0) is 18.6 Å². The van der Waals surface area contributed by atoms with E-state index in [2.05, 4.69) is 0 Å². The molecule has 0 heterocycles. The van der Waals surface area contributed by atoms with Gasteiger partial charge in [0.2, 0.25) is 0 Å². The van der Waals surface area contributed by atoms with Crippen LogP contribution in [-0.4, -0.2) is 12.9 Å². The predicted octanol–water partition coefficient (Wildman–Crippen LogP) is 2.76. The first-order valence-corrected chi connectivity index (χ1v) is 4.86. The number of para-hydroxylation sites is 1. The molecule has 0 fully saturated rings. The smallest absolute Gasteiger partial charge is 0.193 e. The highest BCUT2D eigenvalue weighted by Crippen LogP contribution is 2.23. The number of methoxy groups -OCH3 is 1. The van der Waals surface area contributed by atoms with E-state index in [0.717, 1.165) is 12.0 Å². The molecule has 0 spiro atoms. The Morgan fingerprint density at radius 3 is 2.80 bits per heavy atom. The molecule has 0 unspecified atom stereocenters. The number of ether oxygens (including phenoxy) is 1. The van der Waals surface area contributed by atoms with E-state index in [1.54, 1.807) is 19.2 Å². The topological polar surface area (TPSA) is 26.3 Å². The van der Waals surface area contributed by atoms with Crippen LogP contribution in [0.1, 0.15) is 16.8 Å². The zero-order valence-corrected chi connectivity index (χ0v) is 8.57. The average Bonchev–Trinajstić information content (AvgIpc) is 2.81. The molecule has 0 aliphatic heterocycles. The Labute approximate surface area is 88.9 Å². The SMILES string of the molecule is COc1ccccc1C(=O)C1=CC=CC1. The van der Waals surface area contributed by atoms with E-state index in [1.165, 1.54) is 0 Å². The summed E-state index contributed by atoms with van der Waals surface area (Å²) in [6.07, 6.45) is 6.46. The number of hydrogen-bond donors (Lipinski definition) is 0. The van der Waals surface area contributed by atoms with E-state index in [-0.39, 0.29) is 5.78 Å². The van der Waals surface area contributed by atoms with Crippen molar-refractivity contribution in [1.82, 2.24) is 0 Å². The zero-order valence-electron chi connectivity index (χ0n) is 8.57. The fraction of sp³-hybridized carbons (Fsp3) is 0.154. The van der Waals surface area contributed by atoms with E-state index in [4.69, 9.17) is 4.74 Å². The van der Waals surface area contributed by atoms with Crippen molar-refractivity contribution in [3.8, 4) is 5.75 Å². The van der Waals surface area contributed by atoms with Crippen LogP contribution in [0.15, 0.2) is 48.1 Å². The van der Waals surface area contributed by atoms with Crippen molar-refractivity contribution < 1.29 is 9.53 Å². The number of benzene rings is 1. The first kappa shape index (κ1) is 9.71. The molecule has 0 saturated heterocycles. The third-order valence-electron chi connectivity index (χ3n) is 2.41. The summed E-state index contributed by atoms with van der Waals surface area (Å²) in [6, 6.07) is 7.30. The third kappa shape index (κ3) is 1.84. The summed E-state index contributed by atoms with van der Waals surface area (Å²) in [4.78, 5) is 12.0. The van der Waals surface area contributed by atoms with Gasteiger partial charge in [-0.15, -0.1) is 0 Å². The van der Waals surface area contributed by atoms with Crippen LogP contribution in [0.4, 0.5) is 0 Å². The summed E-state index contributed by atoms with van der Waals surface area (Å²) in [5.74, 6) is 0.688. The van der Waals surface area contributed by atoms with Crippen LogP contribution < -0.4 is 4.74 Å². The van der Waals surface area contributed by atoms with Gasteiger partial charge in [0.1, 0.15) is 5.75 Å². The lowest BCUT2D eigenvalue weighted by atomic mass is 10.0. The van der Waals surface area contributed by atoms with E-state index in [0.29, 0.717) is 11.3 Å². The Morgan fingerprint density at radius 1 is 1.33 bits per heavy atom. The second kappa shape index (κ2) is 4.13. The summed E-state index contributed by atoms with van der Waals surface area (Å²) in [7, 11) is 1.58. The summed E-state index contributed by atoms with van der Waals surface area (Å²) < 4.78 is 5.16. The molecule has 2 heteroatoms. The van der Waals surface area contributed by atoms with E-state index >= 15 is 0 Å². The predicted molar refractivity (Wildman–Crippen MR) is 59.2 cm³/mol. The minimum absolute atomic E-state index is 0.0532. The van der Waals surface area contributed by atoms with Crippen LogP contribution in [0.2, 0.25) is 0 Å². The Balaban J connectivity index is 2.33. The molecular formula is C13H12O2. The van der Waals surface area contributed by atoms with Gasteiger partial charge < -0.3 is 4.74 Å². The summed E-state index contributed by atoms with van der Waals surface area (Å²) in [6.45, 7) is 0. The largest absolute Gasteiger partial charge is 0.496 e. The van der Waals surface area contributed by atoms with E-state index in [9.17, 15) is 4.79 Å². The van der Waals surface area contributed by atoms with Crippen LogP contribution in [0.5, 0.6) is 5.75 Å². The second-order valence-corrected chi connectivity index (χ2v) is 3.35. The van der Waals surface area contributed by atoms with Crippen molar-refractivity contribution in [2.45, 2.75) is 6.42 Å². The van der Waals surface area contributed by atoms with Crippen molar-refractivity contribution in [3.05, 3.63) is 53.6 Å². The molecule has 76 valence electrons. The summed E-state index contributed by atoms with van der Waals surface area (Å²) >= 11 is 0. The lowest BCUT2D eigenvalue weighted by molar-refractivity contribution is 0.103. The van der Waals surface area contributed by atoms with Gasteiger partial charge in [-0.2, -0.15) is 0 Å². The van der Waals surface area contributed by atoms with Crippen molar-refractivity contribution in [3.63, 3.8) is 0 Å². The van der Waals surface area contributed by atoms with Crippen molar-refractivity contribution >= 4 is 5.78 Å². The molecule has 2 nitrogen and oxygen atoms in total. The highest BCUT2D eigenvalue weighted by atomic mass is 16.5. The summed E-state index contributed by atoms with van der Waals surface area (Å²) in [5, 5.41) is 0. The molecule has 0 amide bonds. The van der Waals surface area contributed by atoms with E-state index in [1.807, 2.05) is 30.4 Å². The molecule has 0 saturated carbocycles. The number of Topliss-reactive ketones (excluding diaryl/α,β-unsaturated/α-hetero) is 1. The lowest BCUT2D eigenvalue weighted by Crippen LogP contribution is -2.04. The minimum atomic E-state index is 0.0532.